The Morgan fingerprint density at radius 1 is 1.36 bits per heavy atom. The van der Waals surface area contributed by atoms with Crippen LogP contribution >= 0.6 is 0 Å². The van der Waals surface area contributed by atoms with Gasteiger partial charge in [-0.05, 0) is 13.3 Å². The lowest BCUT2D eigenvalue weighted by atomic mass is 10.0. The predicted octanol–water partition coefficient (Wildman–Crippen LogP) is -0.143. The zero-order valence-electron chi connectivity index (χ0n) is 19.5. The van der Waals surface area contributed by atoms with Gasteiger partial charge in [-0.25, -0.2) is 13.4 Å². The number of fused-ring (bicyclic) bond motifs is 2. The van der Waals surface area contributed by atoms with Crippen molar-refractivity contribution in [2.75, 3.05) is 26.7 Å². The number of sulfonamides is 1. The van der Waals surface area contributed by atoms with E-state index in [9.17, 15) is 18.3 Å². The molecule has 184 valence electrons. The number of imidazole rings is 1. The Labute approximate surface area is 194 Å². The molecule has 1 amide bonds. The van der Waals surface area contributed by atoms with Crippen LogP contribution in [-0.4, -0.2) is 92.1 Å². The van der Waals surface area contributed by atoms with Crippen molar-refractivity contribution >= 4 is 15.9 Å². The number of nitrogens with zero attached hydrogens (tertiary/aromatic N) is 7. The number of carbonyl (C=O) groups excluding carboxylic acids is 1. The van der Waals surface area contributed by atoms with Gasteiger partial charge in [-0.1, -0.05) is 12.1 Å². The fraction of sp³-hybridized carbons (Fsp3) is 0.700. The smallest absolute Gasteiger partial charge is 0.261 e. The Morgan fingerprint density at radius 2 is 2.12 bits per heavy atom. The molecule has 3 rings (SSSR count). The zero-order valence-corrected chi connectivity index (χ0v) is 20.3. The van der Waals surface area contributed by atoms with Crippen molar-refractivity contribution in [1.82, 2.24) is 33.8 Å². The fourth-order valence-electron chi connectivity index (χ4n) is 3.73. The van der Waals surface area contributed by atoms with Crippen molar-refractivity contribution in [2.24, 2.45) is 13.0 Å². The van der Waals surface area contributed by atoms with Crippen molar-refractivity contribution in [2.45, 2.75) is 57.0 Å². The highest BCUT2D eigenvalue weighted by molar-refractivity contribution is 7.89. The van der Waals surface area contributed by atoms with Crippen LogP contribution in [0, 0.1) is 5.92 Å². The van der Waals surface area contributed by atoms with Gasteiger partial charge in [0.25, 0.3) is 10.0 Å². The molecule has 0 saturated heterocycles. The Hall–Kier alpha value is -2.35. The monoisotopic (exact) mass is 483 g/mol. The molecule has 1 N–H and O–H groups in total. The summed E-state index contributed by atoms with van der Waals surface area (Å²) in [5, 5.41) is 17.8. The molecule has 0 radical (unpaired) electrons. The van der Waals surface area contributed by atoms with Crippen LogP contribution in [0.2, 0.25) is 0 Å². The van der Waals surface area contributed by atoms with E-state index in [1.807, 2.05) is 6.92 Å². The number of rotatable bonds is 6. The summed E-state index contributed by atoms with van der Waals surface area (Å²) in [7, 11) is -0.632. The van der Waals surface area contributed by atoms with Crippen LogP contribution in [0.15, 0.2) is 23.7 Å². The number of aryl methyl sites for hydroxylation is 2. The summed E-state index contributed by atoms with van der Waals surface area (Å²) in [6, 6.07) is -0.363. The van der Waals surface area contributed by atoms with Gasteiger partial charge in [-0.15, -0.1) is 5.10 Å². The van der Waals surface area contributed by atoms with Crippen molar-refractivity contribution in [3.8, 4) is 0 Å². The van der Waals surface area contributed by atoms with Gasteiger partial charge >= 0.3 is 0 Å². The predicted molar refractivity (Wildman–Crippen MR) is 118 cm³/mol. The first kappa shape index (κ1) is 25.3. The van der Waals surface area contributed by atoms with Crippen LogP contribution in [0.4, 0.5) is 0 Å². The largest absolute Gasteiger partial charge is 0.394 e. The number of hydrogen-bond donors (Lipinski definition) is 1. The van der Waals surface area contributed by atoms with E-state index in [0.29, 0.717) is 31.6 Å². The first-order chi connectivity index (χ1) is 15.6. The maximum Gasteiger partial charge on any atom is 0.261 e. The molecule has 0 saturated carbocycles. The van der Waals surface area contributed by atoms with Crippen molar-refractivity contribution < 1.29 is 23.1 Å². The zero-order chi connectivity index (χ0) is 24.2. The first-order valence-electron chi connectivity index (χ1n) is 11.0. The molecule has 3 heterocycles. The highest BCUT2D eigenvalue weighted by Crippen LogP contribution is 2.20. The van der Waals surface area contributed by atoms with Crippen molar-refractivity contribution in [3.63, 3.8) is 0 Å². The highest BCUT2D eigenvalue weighted by Gasteiger charge is 2.31. The van der Waals surface area contributed by atoms with Crippen molar-refractivity contribution in [3.05, 3.63) is 24.4 Å². The SMILES string of the molecule is C[C@@H]1CN([C@@H](C)CO)C(=O)CCCn2cc(nn2)CO[C@H]1CN(C)S(=O)(=O)c1cn(C)cn1. The van der Waals surface area contributed by atoms with Gasteiger partial charge in [-0.3, -0.25) is 9.48 Å². The minimum absolute atomic E-state index is 0.0431. The third-order valence-electron chi connectivity index (χ3n) is 5.84. The Bertz CT molecular complexity index is 1040. The molecule has 33 heavy (non-hydrogen) atoms. The van der Waals surface area contributed by atoms with Gasteiger partial charge in [0.2, 0.25) is 5.91 Å². The number of carbonyl (C=O) groups is 1. The second-order valence-electron chi connectivity index (χ2n) is 8.64. The summed E-state index contributed by atoms with van der Waals surface area (Å²) in [6.45, 7) is 4.63. The van der Waals surface area contributed by atoms with E-state index in [4.69, 9.17) is 4.74 Å². The summed E-state index contributed by atoms with van der Waals surface area (Å²) in [5.74, 6) is -0.295. The first-order valence-corrected chi connectivity index (χ1v) is 12.4. The summed E-state index contributed by atoms with van der Waals surface area (Å²) in [6.07, 6.45) is 5.02. The molecule has 0 unspecified atom stereocenters. The van der Waals surface area contributed by atoms with Crippen LogP contribution in [0.25, 0.3) is 0 Å². The molecular formula is C20H33N7O5S. The van der Waals surface area contributed by atoms with E-state index in [-0.39, 0.29) is 42.7 Å². The average molecular weight is 484 g/mol. The molecule has 2 aromatic rings. The number of aromatic nitrogens is 5. The standard InChI is InChI=1S/C20H33N7O5S/c1-15-8-27(16(2)12-28)20(29)6-5-7-26-9-17(22-23-26)13-32-18(15)10-25(4)33(30,31)19-11-24(3)14-21-19/h9,11,14-16,18,28H,5-8,10,12-13H2,1-4H3/t15-,16+,18+/m1/s1. The number of amides is 1. The summed E-state index contributed by atoms with van der Waals surface area (Å²) in [5.41, 5.74) is 0.633. The lowest BCUT2D eigenvalue weighted by Crippen LogP contribution is -2.47. The van der Waals surface area contributed by atoms with Crippen LogP contribution in [0.1, 0.15) is 32.4 Å². The van der Waals surface area contributed by atoms with Gasteiger partial charge in [0.15, 0.2) is 5.03 Å². The summed E-state index contributed by atoms with van der Waals surface area (Å²) in [4.78, 5) is 18.5. The Morgan fingerprint density at radius 3 is 2.79 bits per heavy atom. The lowest BCUT2D eigenvalue weighted by Gasteiger charge is -2.34. The molecule has 2 aromatic heterocycles. The van der Waals surface area contributed by atoms with Crippen LogP contribution in [0.5, 0.6) is 0 Å². The van der Waals surface area contributed by atoms with Crippen LogP contribution < -0.4 is 0 Å². The molecule has 1 aliphatic rings. The van der Waals surface area contributed by atoms with E-state index in [2.05, 4.69) is 15.3 Å². The number of hydrogen-bond acceptors (Lipinski definition) is 8. The fourth-order valence-corrected chi connectivity index (χ4v) is 4.87. The molecule has 0 spiro atoms. The van der Waals surface area contributed by atoms with Gasteiger partial charge in [0.05, 0.1) is 37.9 Å². The molecule has 0 fully saturated rings. The van der Waals surface area contributed by atoms with E-state index in [1.165, 1.54) is 23.9 Å². The Kier molecular flexibility index (Phi) is 8.21. The third-order valence-corrected chi connectivity index (χ3v) is 7.55. The Balaban J connectivity index is 1.85. The molecule has 13 heteroatoms. The quantitative estimate of drug-likeness (QED) is 0.600. The minimum atomic E-state index is -3.82. The molecule has 0 aliphatic carbocycles. The number of aliphatic hydroxyl groups excluding tert-OH is 1. The maximum absolute atomic E-state index is 13.0. The molecule has 1 aliphatic heterocycles. The molecular weight excluding hydrogens is 450 g/mol. The highest BCUT2D eigenvalue weighted by atomic mass is 32.2. The van der Waals surface area contributed by atoms with Gasteiger partial charge in [-0.2, -0.15) is 4.31 Å². The van der Waals surface area contributed by atoms with E-state index in [1.54, 1.807) is 34.3 Å². The minimum Gasteiger partial charge on any atom is -0.394 e. The number of likely N-dealkylation sites (N-methyl/N-ethyl adjacent to an activating group) is 1. The number of ether oxygens (including phenoxy) is 1. The van der Waals surface area contributed by atoms with Crippen molar-refractivity contribution in [1.29, 1.82) is 0 Å². The molecule has 3 atom stereocenters. The lowest BCUT2D eigenvalue weighted by molar-refractivity contribution is -0.136. The maximum atomic E-state index is 13.0. The van der Waals surface area contributed by atoms with Gasteiger partial charge in [0, 0.05) is 52.3 Å². The topological polar surface area (TPSA) is 136 Å². The normalized spacial score (nSPS) is 22.0. The molecule has 2 bridgehead atoms. The number of aliphatic hydroxyl groups is 1. The summed E-state index contributed by atoms with van der Waals surface area (Å²) >= 11 is 0. The second kappa shape index (κ2) is 10.7. The van der Waals surface area contributed by atoms with Crippen LogP contribution in [0.3, 0.4) is 0 Å². The molecule has 12 nitrogen and oxygen atoms in total. The second-order valence-corrected chi connectivity index (χ2v) is 10.6. The molecule has 0 aromatic carbocycles. The van der Waals surface area contributed by atoms with Gasteiger partial charge in [0.1, 0.15) is 5.69 Å². The third kappa shape index (κ3) is 6.16. The van der Waals surface area contributed by atoms with Crippen LogP contribution in [-0.2, 0) is 39.8 Å². The van der Waals surface area contributed by atoms with E-state index < -0.39 is 16.1 Å². The van der Waals surface area contributed by atoms with E-state index in [0.717, 1.165) is 0 Å². The average Bonchev–Trinajstić information content (AvgIpc) is 3.42. The van der Waals surface area contributed by atoms with Gasteiger partial charge < -0.3 is 19.3 Å². The summed E-state index contributed by atoms with van der Waals surface area (Å²) < 4.78 is 36.6. The van der Waals surface area contributed by atoms with E-state index >= 15 is 0 Å².